The molecule has 0 fully saturated rings. The molecule has 2 heterocycles. The molecule has 5 nitrogen and oxygen atoms in total. The summed E-state index contributed by atoms with van der Waals surface area (Å²) < 4.78 is 0. The van der Waals surface area contributed by atoms with Gasteiger partial charge in [-0.15, -0.1) is 0 Å². The van der Waals surface area contributed by atoms with Gasteiger partial charge in [-0.05, 0) is 47.9 Å². The molecule has 1 atom stereocenters. The predicted octanol–water partition coefficient (Wildman–Crippen LogP) is 2.79. The van der Waals surface area contributed by atoms with E-state index in [-0.39, 0.29) is 5.91 Å². The highest BCUT2D eigenvalue weighted by Gasteiger charge is 2.18. The van der Waals surface area contributed by atoms with Crippen molar-refractivity contribution in [3.8, 4) is 0 Å². The average molecular weight is 341 g/mol. The number of fused-ring (bicyclic) bond motifs is 1. The van der Waals surface area contributed by atoms with Crippen molar-refractivity contribution in [2.75, 3.05) is 5.32 Å². The van der Waals surface area contributed by atoms with Crippen LogP contribution in [-0.4, -0.2) is 16.9 Å². The van der Waals surface area contributed by atoms with Crippen molar-refractivity contribution in [3.05, 3.63) is 71.2 Å². The number of carbonyl (C=O) groups excluding carboxylic acids is 1. The van der Waals surface area contributed by atoms with Crippen LogP contribution in [0.2, 0.25) is 5.02 Å². The van der Waals surface area contributed by atoms with Crippen LogP contribution >= 0.6 is 11.6 Å². The second-order valence-electron chi connectivity index (χ2n) is 5.53. The number of nitrogens with zero attached hydrogens (tertiary/aromatic N) is 1. The molecule has 0 aliphatic carbocycles. The number of pyridine rings is 1. The third kappa shape index (κ3) is 3.48. The van der Waals surface area contributed by atoms with Gasteiger partial charge in [-0.3, -0.25) is 9.78 Å². The molecule has 0 saturated carbocycles. The maximum Gasteiger partial charge on any atom is 0.241 e. The van der Waals surface area contributed by atoms with Gasteiger partial charge in [0.15, 0.2) is 0 Å². The fraction of sp³-hybridized carbons (Fsp3) is 0.111. The first-order valence-corrected chi connectivity index (χ1v) is 7.83. The first kappa shape index (κ1) is 16.2. The third-order valence-corrected chi connectivity index (χ3v) is 4.10. The molecule has 4 N–H and O–H groups in total. The summed E-state index contributed by atoms with van der Waals surface area (Å²) in [6.45, 7) is 3.93. The summed E-state index contributed by atoms with van der Waals surface area (Å²) in [6, 6.07) is 6.59. The van der Waals surface area contributed by atoms with Crippen molar-refractivity contribution in [3.63, 3.8) is 0 Å². The van der Waals surface area contributed by atoms with Gasteiger partial charge >= 0.3 is 0 Å². The van der Waals surface area contributed by atoms with E-state index < -0.39 is 6.04 Å². The molecule has 6 heteroatoms. The number of rotatable bonds is 4. The van der Waals surface area contributed by atoms with Crippen LogP contribution in [0.1, 0.15) is 16.7 Å². The predicted molar refractivity (Wildman–Crippen MR) is 97.2 cm³/mol. The lowest BCUT2D eigenvalue weighted by Crippen LogP contribution is -2.37. The monoisotopic (exact) mass is 340 g/mol. The Labute approximate surface area is 145 Å². The first-order chi connectivity index (χ1) is 11.5. The van der Waals surface area contributed by atoms with Gasteiger partial charge in [0.1, 0.15) is 0 Å². The number of carbonyl (C=O) groups is 1. The Morgan fingerprint density at radius 2 is 2.12 bits per heavy atom. The minimum absolute atomic E-state index is 0.287. The molecule has 1 amide bonds. The van der Waals surface area contributed by atoms with Crippen LogP contribution in [0.4, 0.5) is 5.69 Å². The molecule has 1 aromatic heterocycles. The summed E-state index contributed by atoms with van der Waals surface area (Å²) in [5.41, 5.74) is 10.1. The van der Waals surface area contributed by atoms with Gasteiger partial charge in [-0.2, -0.15) is 0 Å². The minimum atomic E-state index is -0.674. The number of hydrogen-bond donors (Lipinski definition) is 3. The Kier molecular flexibility index (Phi) is 4.64. The van der Waals surface area contributed by atoms with Crippen molar-refractivity contribution in [1.82, 2.24) is 10.3 Å². The Balaban J connectivity index is 1.75. The largest absolute Gasteiger partial charge is 0.362 e. The molecular formula is C18H17ClN4O. The van der Waals surface area contributed by atoms with Gasteiger partial charge < -0.3 is 16.4 Å². The lowest BCUT2D eigenvalue weighted by Gasteiger charge is -2.18. The molecule has 3 rings (SSSR count). The van der Waals surface area contributed by atoms with E-state index >= 15 is 0 Å². The van der Waals surface area contributed by atoms with E-state index in [1.807, 2.05) is 24.3 Å². The number of nitrogens with one attached hydrogen (secondary N) is 2. The highest BCUT2D eigenvalue weighted by atomic mass is 35.5. The SMILES string of the molecule is C=C1NC=Cc2cc(NC(=O)[C@H](N)Cc3ccncc3)c(Cl)cc21. The van der Waals surface area contributed by atoms with E-state index in [1.54, 1.807) is 24.7 Å². The zero-order chi connectivity index (χ0) is 17.1. The van der Waals surface area contributed by atoms with Gasteiger partial charge in [-0.25, -0.2) is 0 Å². The van der Waals surface area contributed by atoms with Crippen molar-refractivity contribution >= 4 is 35.0 Å². The van der Waals surface area contributed by atoms with Crippen LogP contribution < -0.4 is 16.4 Å². The summed E-state index contributed by atoms with van der Waals surface area (Å²) in [5, 5.41) is 6.27. The van der Waals surface area contributed by atoms with Crippen molar-refractivity contribution < 1.29 is 4.79 Å². The molecule has 1 aliphatic rings. The van der Waals surface area contributed by atoms with Crippen molar-refractivity contribution in [1.29, 1.82) is 0 Å². The summed E-state index contributed by atoms with van der Waals surface area (Å²) in [4.78, 5) is 16.3. The lowest BCUT2D eigenvalue weighted by molar-refractivity contribution is -0.117. The molecule has 0 spiro atoms. The van der Waals surface area contributed by atoms with Gasteiger partial charge in [0.05, 0.1) is 16.8 Å². The van der Waals surface area contributed by atoms with Crippen LogP contribution in [0.3, 0.4) is 0 Å². The maximum absolute atomic E-state index is 12.3. The van der Waals surface area contributed by atoms with Gasteiger partial charge in [0.2, 0.25) is 5.91 Å². The van der Waals surface area contributed by atoms with Crippen molar-refractivity contribution in [2.45, 2.75) is 12.5 Å². The van der Waals surface area contributed by atoms with E-state index in [4.69, 9.17) is 17.3 Å². The van der Waals surface area contributed by atoms with Gasteiger partial charge in [-0.1, -0.05) is 18.2 Å². The first-order valence-electron chi connectivity index (χ1n) is 7.46. The fourth-order valence-corrected chi connectivity index (χ4v) is 2.70. The summed E-state index contributed by atoms with van der Waals surface area (Å²) in [7, 11) is 0. The zero-order valence-electron chi connectivity index (χ0n) is 12.9. The number of anilines is 1. The van der Waals surface area contributed by atoms with Crippen molar-refractivity contribution in [2.24, 2.45) is 5.73 Å². The smallest absolute Gasteiger partial charge is 0.241 e. The standard InChI is InChI=1S/C18H17ClN4O/c1-11-14-10-15(19)17(9-13(14)4-7-22-11)23-18(24)16(20)8-12-2-5-21-6-3-12/h2-7,9-10,16,22H,1,8,20H2,(H,23,24)/t16-/m1/s1. The Bertz CT molecular complexity index is 817. The lowest BCUT2D eigenvalue weighted by atomic mass is 10.0. The number of hydrogen-bond acceptors (Lipinski definition) is 4. The maximum atomic E-state index is 12.3. The van der Waals surface area contributed by atoms with E-state index in [0.29, 0.717) is 17.1 Å². The number of amides is 1. The Morgan fingerprint density at radius 3 is 2.88 bits per heavy atom. The molecule has 1 aliphatic heterocycles. The second-order valence-corrected chi connectivity index (χ2v) is 5.94. The molecular weight excluding hydrogens is 324 g/mol. The van der Waals surface area contributed by atoms with Gasteiger partial charge in [0, 0.05) is 29.9 Å². The molecule has 1 aromatic carbocycles. The van der Waals surface area contributed by atoms with Crippen LogP contribution in [-0.2, 0) is 11.2 Å². The molecule has 0 saturated heterocycles. The number of benzene rings is 1. The number of aromatic nitrogens is 1. The highest BCUT2D eigenvalue weighted by Crippen LogP contribution is 2.31. The van der Waals surface area contributed by atoms with E-state index in [9.17, 15) is 4.79 Å². The van der Waals surface area contributed by atoms with Crippen LogP contribution in [0.5, 0.6) is 0 Å². The molecule has 0 bridgehead atoms. The molecule has 24 heavy (non-hydrogen) atoms. The van der Waals surface area contributed by atoms with Crippen LogP contribution in [0, 0.1) is 0 Å². The Morgan fingerprint density at radius 1 is 1.38 bits per heavy atom. The highest BCUT2D eigenvalue weighted by molar-refractivity contribution is 6.34. The molecule has 2 aromatic rings. The molecule has 0 radical (unpaired) electrons. The molecule has 122 valence electrons. The average Bonchev–Trinajstić information content (AvgIpc) is 2.57. The summed E-state index contributed by atoms with van der Waals surface area (Å²) in [5.74, 6) is -0.287. The number of nitrogens with two attached hydrogens (primary N) is 1. The normalized spacial score (nSPS) is 13.8. The molecule has 0 unspecified atom stereocenters. The zero-order valence-corrected chi connectivity index (χ0v) is 13.7. The van der Waals surface area contributed by atoms with Crippen LogP contribution in [0.15, 0.2) is 49.4 Å². The summed E-state index contributed by atoms with van der Waals surface area (Å²) >= 11 is 6.28. The topological polar surface area (TPSA) is 80.0 Å². The Hall–Kier alpha value is -2.63. The fourth-order valence-electron chi connectivity index (χ4n) is 2.49. The van der Waals surface area contributed by atoms with E-state index in [0.717, 1.165) is 22.4 Å². The third-order valence-electron chi connectivity index (χ3n) is 3.78. The quantitative estimate of drug-likeness (QED) is 0.799. The van der Waals surface area contributed by atoms with Crippen LogP contribution in [0.25, 0.3) is 11.8 Å². The van der Waals surface area contributed by atoms with Gasteiger partial charge in [0.25, 0.3) is 0 Å². The minimum Gasteiger partial charge on any atom is -0.362 e. The summed E-state index contributed by atoms with van der Waals surface area (Å²) in [6.07, 6.45) is 7.46. The number of halogens is 1. The van der Waals surface area contributed by atoms with E-state index in [2.05, 4.69) is 22.2 Å². The second kappa shape index (κ2) is 6.86. The van der Waals surface area contributed by atoms with E-state index in [1.165, 1.54) is 0 Å².